The smallest absolute Gasteiger partial charge is 0.377 e. The number of rotatable bonds is 5. The van der Waals surface area contributed by atoms with Crippen molar-refractivity contribution in [1.29, 1.82) is 5.26 Å². The van der Waals surface area contributed by atoms with Crippen molar-refractivity contribution in [1.82, 2.24) is 24.6 Å². The highest BCUT2D eigenvalue weighted by Crippen LogP contribution is 2.36. The molecule has 9 nitrogen and oxygen atoms in total. The summed E-state index contributed by atoms with van der Waals surface area (Å²) in [4.78, 5) is 23.7. The first-order valence-electron chi connectivity index (χ1n) is 12.7. The average molecular weight is 540 g/mol. The van der Waals surface area contributed by atoms with Gasteiger partial charge in [-0.3, -0.25) is 14.7 Å². The number of carbonyl (C=O) groups is 1. The topological polar surface area (TPSA) is 109 Å². The van der Waals surface area contributed by atoms with Gasteiger partial charge in [0, 0.05) is 31.9 Å². The second-order valence-electron chi connectivity index (χ2n) is 10.0. The predicted molar refractivity (Wildman–Crippen MR) is 135 cm³/mol. The number of hydrogen-bond donors (Lipinski definition) is 1. The lowest BCUT2D eigenvalue weighted by Crippen LogP contribution is -2.48. The van der Waals surface area contributed by atoms with Crippen molar-refractivity contribution < 1.29 is 22.7 Å². The van der Waals surface area contributed by atoms with E-state index in [1.54, 1.807) is 19.1 Å². The number of carbonyl (C=O) groups excluding carboxylic acids is 1. The fourth-order valence-electron chi connectivity index (χ4n) is 5.35. The van der Waals surface area contributed by atoms with Crippen LogP contribution in [0.5, 0.6) is 0 Å². The van der Waals surface area contributed by atoms with E-state index >= 15 is 0 Å². The summed E-state index contributed by atoms with van der Waals surface area (Å²) in [6.45, 7) is 6.08. The van der Waals surface area contributed by atoms with Crippen LogP contribution in [-0.2, 0) is 16.3 Å². The number of hydrogen-bond acceptors (Lipinski definition) is 7. The Bertz CT molecular complexity index is 1370. The third-order valence-corrected chi connectivity index (χ3v) is 7.73. The summed E-state index contributed by atoms with van der Waals surface area (Å²) in [6.07, 6.45) is 1.64. The minimum atomic E-state index is -4.49. The number of aromatic nitrogens is 4. The molecule has 0 saturated carbocycles. The summed E-state index contributed by atoms with van der Waals surface area (Å²) in [5.41, 5.74) is 0.232. The molecule has 2 saturated heterocycles. The maximum Gasteiger partial charge on any atom is 0.417 e. The normalized spacial score (nSPS) is 21.4. The van der Waals surface area contributed by atoms with Gasteiger partial charge in [-0.2, -0.15) is 23.5 Å². The van der Waals surface area contributed by atoms with E-state index in [4.69, 9.17) is 4.74 Å². The highest BCUT2D eigenvalue weighted by Gasteiger charge is 2.41. The Morgan fingerprint density at radius 2 is 1.92 bits per heavy atom. The van der Waals surface area contributed by atoms with Gasteiger partial charge in [-0.1, -0.05) is 0 Å². The average Bonchev–Trinajstić information content (AvgIpc) is 3.54. The van der Waals surface area contributed by atoms with Crippen LogP contribution in [0, 0.1) is 18.3 Å². The minimum absolute atomic E-state index is 0.160. The molecule has 5 heterocycles. The van der Waals surface area contributed by atoms with Crippen molar-refractivity contribution >= 4 is 11.6 Å². The van der Waals surface area contributed by atoms with Crippen molar-refractivity contribution in [2.24, 2.45) is 0 Å². The number of pyridine rings is 2. The van der Waals surface area contributed by atoms with Gasteiger partial charge in [-0.05, 0) is 57.4 Å². The second-order valence-corrected chi connectivity index (χ2v) is 10.0. The second kappa shape index (κ2) is 10.4. The number of alkyl halides is 3. The maximum atomic E-state index is 12.9. The molecule has 2 fully saturated rings. The van der Waals surface area contributed by atoms with E-state index < -0.39 is 23.1 Å². The van der Waals surface area contributed by atoms with Gasteiger partial charge in [0.25, 0.3) is 5.91 Å². The maximum absolute atomic E-state index is 12.9. The highest BCUT2D eigenvalue weighted by atomic mass is 19.4. The molecule has 5 rings (SSSR count). The molecule has 3 aromatic rings. The molecule has 0 bridgehead atoms. The Morgan fingerprint density at radius 3 is 2.49 bits per heavy atom. The van der Waals surface area contributed by atoms with Crippen LogP contribution in [-0.4, -0.2) is 62.4 Å². The first-order valence-corrected chi connectivity index (χ1v) is 12.7. The Morgan fingerprint density at radius 1 is 1.15 bits per heavy atom. The molecule has 0 aliphatic carbocycles. The molecule has 3 aromatic heterocycles. The molecular formula is C27H28F3N7O2. The van der Waals surface area contributed by atoms with Gasteiger partial charge in [-0.15, -0.1) is 0 Å². The van der Waals surface area contributed by atoms with E-state index in [2.05, 4.69) is 38.3 Å². The summed E-state index contributed by atoms with van der Waals surface area (Å²) in [5.74, 6) is -0.287. The largest absolute Gasteiger partial charge is 0.417 e. The number of likely N-dealkylation sites (tertiary alicyclic amines) is 1. The number of nitrogens with zero attached hydrogens (tertiary/aromatic N) is 6. The fourth-order valence-corrected chi connectivity index (χ4v) is 5.35. The van der Waals surface area contributed by atoms with Gasteiger partial charge >= 0.3 is 6.18 Å². The van der Waals surface area contributed by atoms with Crippen LogP contribution in [0.3, 0.4) is 0 Å². The van der Waals surface area contributed by atoms with E-state index in [1.165, 1.54) is 23.1 Å². The van der Waals surface area contributed by atoms with Crippen molar-refractivity contribution in [3.63, 3.8) is 0 Å². The van der Waals surface area contributed by atoms with Gasteiger partial charge < -0.3 is 10.1 Å². The minimum Gasteiger partial charge on any atom is -0.377 e. The Hall–Kier alpha value is -3.82. The summed E-state index contributed by atoms with van der Waals surface area (Å²) in [5, 5.41) is 17.0. The summed E-state index contributed by atoms with van der Waals surface area (Å²) >= 11 is 0. The van der Waals surface area contributed by atoms with Gasteiger partial charge in [0.15, 0.2) is 5.82 Å². The lowest BCUT2D eigenvalue weighted by molar-refractivity contribution is -0.137. The van der Waals surface area contributed by atoms with E-state index in [9.17, 15) is 23.2 Å². The Labute approximate surface area is 223 Å². The number of halogens is 3. The quantitative estimate of drug-likeness (QED) is 0.516. The van der Waals surface area contributed by atoms with Gasteiger partial charge in [-0.25, -0.2) is 9.67 Å². The predicted octanol–water partition coefficient (Wildman–Crippen LogP) is 4.28. The first-order chi connectivity index (χ1) is 18.6. The molecule has 1 N–H and O–H groups in total. The van der Waals surface area contributed by atoms with Crippen LogP contribution in [0.2, 0.25) is 0 Å². The Balaban J connectivity index is 1.25. The van der Waals surface area contributed by atoms with Crippen LogP contribution < -0.4 is 5.32 Å². The highest BCUT2D eigenvalue weighted by molar-refractivity contribution is 6.04. The van der Waals surface area contributed by atoms with Gasteiger partial charge in [0.1, 0.15) is 5.41 Å². The molecule has 2 atom stereocenters. The number of piperidine rings is 1. The number of anilines is 1. The van der Waals surface area contributed by atoms with Crippen molar-refractivity contribution in [3.05, 3.63) is 65.4 Å². The molecule has 0 spiro atoms. The van der Waals surface area contributed by atoms with E-state index in [-0.39, 0.29) is 17.5 Å². The SMILES string of the molecule is Cc1c(C(=O)Nc2ccc(C3(C#N)CCN(C4CCOC4C)CC3)nc2)cnn1-c1ccc(C(F)(F)F)cn1. The third kappa shape index (κ3) is 5.24. The van der Waals surface area contributed by atoms with E-state index in [0.29, 0.717) is 36.0 Å². The molecule has 0 aromatic carbocycles. The summed E-state index contributed by atoms with van der Waals surface area (Å²) in [7, 11) is 0. The molecule has 2 aliphatic heterocycles. The van der Waals surface area contributed by atoms with Gasteiger partial charge in [0.05, 0.1) is 52.8 Å². The van der Waals surface area contributed by atoms with Crippen LogP contribution in [0.25, 0.3) is 5.82 Å². The van der Waals surface area contributed by atoms with E-state index in [1.807, 2.05) is 0 Å². The summed E-state index contributed by atoms with van der Waals surface area (Å²) in [6, 6.07) is 8.48. The van der Waals surface area contributed by atoms with Crippen molar-refractivity contribution in [2.75, 3.05) is 25.0 Å². The van der Waals surface area contributed by atoms with Crippen LogP contribution >= 0.6 is 0 Å². The molecule has 2 unspecified atom stereocenters. The molecule has 39 heavy (non-hydrogen) atoms. The van der Waals surface area contributed by atoms with Crippen LogP contribution in [0.15, 0.2) is 42.9 Å². The number of amides is 1. The molecule has 12 heteroatoms. The molecule has 204 valence electrons. The fraction of sp³-hybridized carbons (Fsp3) is 0.444. The lowest BCUT2D eigenvalue weighted by atomic mass is 9.76. The number of ether oxygens (including phenoxy) is 1. The zero-order chi connectivity index (χ0) is 27.8. The van der Waals surface area contributed by atoms with Crippen molar-refractivity contribution in [3.8, 4) is 11.9 Å². The van der Waals surface area contributed by atoms with Gasteiger partial charge in [0.2, 0.25) is 0 Å². The third-order valence-electron chi connectivity index (χ3n) is 7.73. The van der Waals surface area contributed by atoms with Crippen LogP contribution in [0.1, 0.15) is 53.5 Å². The van der Waals surface area contributed by atoms with E-state index in [0.717, 1.165) is 38.4 Å². The van der Waals surface area contributed by atoms with Crippen LogP contribution in [0.4, 0.5) is 18.9 Å². The lowest BCUT2D eigenvalue weighted by Gasteiger charge is -2.40. The molecule has 1 amide bonds. The summed E-state index contributed by atoms with van der Waals surface area (Å²) < 4.78 is 45.5. The monoisotopic (exact) mass is 539 g/mol. The zero-order valence-corrected chi connectivity index (χ0v) is 21.6. The zero-order valence-electron chi connectivity index (χ0n) is 21.6. The van der Waals surface area contributed by atoms with Crippen molar-refractivity contribution in [2.45, 2.75) is 56.8 Å². The molecule has 2 aliphatic rings. The molecule has 0 radical (unpaired) electrons. The Kier molecular flexibility index (Phi) is 7.13. The first kappa shape index (κ1) is 26.8. The number of nitriles is 1. The number of nitrogens with one attached hydrogen (secondary N) is 1. The molecular weight excluding hydrogens is 511 g/mol. The standard InChI is InChI=1S/C27H28F3N7O2/c1-17-21(15-34-37(17)24-6-3-19(13-33-24)27(28,29)30)25(38)35-20-4-5-23(32-14-20)26(16-31)8-10-36(11-9-26)22-7-12-39-18(22)2/h3-6,13-15,18,22H,7-12H2,1-2H3,(H,35,38).